The number of carbonyl (C=O) groups excluding carboxylic acids is 2. The number of carbonyl (C=O) groups is 2. The van der Waals surface area contributed by atoms with E-state index in [4.69, 9.17) is 9.47 Å². The van der Waals surface area contributed by atoms with E-state index >= 15 is 0 Å². The van der Waals surface area contributed by atoms with Gasteiger partial charge in [-0.15, -0.1) is 0 Å². The molecule has 4 rings (SSSR count). The van der Waals surface area contributed by atoms with Gasteiger partial charge in [0.05, 0.1) is 18.6 Å². The van der Waals surface area contributed by atoms with Crippen LogP contribution in [-0.2, 0) is 9.59 Å². The number of nitrogens with one attached hydrogen (secondary N) is 1. The fourth-order valence-electron chi connectivity index (χ4n) is 4.73. The lowest BCUT2D eigenvalue weighted by Gasteiger charge is -2.34. The molecule has 0 fully saturated rings. The number of nitrogens with zero attached hydrogens (tertiary/aromatic N) is 1. The van der Waals surface area contributed by atoms with Crippen molar-refractivity contribution >= 4 is 17.4 Å². The summed E-state index contributed by atoms with van der Waals surface area (Å²) >= 11 is 0. The van der Waals surface area contributed by atoms with Gasteiger partial charge in [0.2, 0.25) is 5.91 Å². The van der Waals surface area contributed by atoms with Crippen LogP contribution in [0.3, 0.4) is 0 Å². The molecule has 2 aromatic rings. The van der Waals surface area contributed by atoms with E-state index in [1.165, 1.54) is 6.07 Å². The Bertz CT molecular complexity index is 1170. The Balaban J connectivity index is 1.69. The third-order valence-corrected chi connectivity index (χ3v) is 6.33. The molecule has 0 bridgehead atoms. The number of methoxy groups -OCH3 is 1. The van der Waals surface area contributed by atoms with Crippen LogP contribution in [0.2, 0.25) is 0 Å². The van der Waals surface area contributed by atoms with Crippen LogP contribution < -0.4 is 14.8 Å². The first kappa shape index (κ1) is 22.5. The summed E-state index contributed by atoms with van der Waals surface area (Å²) in [4.78, 5) is 36.8. The highest BCUT2D eigenvalue weighted by molar-refractivity contribution is 6.02. The number of ketones is 1. The number of nitro groups is 1. The Hall–Kier alpha value is -3.68. The summed E-state index contributed by atoms with van der Waals surface area (Å²) in [5.74, 6) is 0.377. The number of Topliss-reactive ketones (excluding diaryl/α,β-unsaturated/α-hetero) is 1. The van der Waals surface area contributed by atoms with Crippen molar-refractivity contribution < 1.29 is 24.0 Å². The Kier molecular flexibility index (Phi) is 6.18. The van der Waals surface area contributed by atoms with Gasteiger partial charge in [0.25, 0.3) is 5.69 Å². The second kappa shape index (κ2) is 9.05. The van der Waals surface area contributed by atoms with Gasteiger partial charge >= 0.3 is 0 Å². The lowest BCUT2D eigenvalue weighted by Crippen LogP contribution is -2.38. The molecule has 1 amide bonds. The molecule has 2 aromatic carbocycles. The van der Waals surface area contributed by atoms with E-state index < -0.39 is 10.8 Å². The van der Waals surface area contributed by atoms with Gasteiger partial charge in [-0.1, -0.05) is 18.2 Å². The average molecular weight is 450 g/mol. The highest BCUT2D eigenvalue weighted by Crippen LogP contribution is 2.44. The molecule has 1 aliphatic heterocycles. The van der Waals surface area contributed by atoms with Crippen molar-refractivity contribution in [3.8, 4) is 11.5 Å². The molecule has 2 aliphatic rings. The molecule has 33 heavy (non-hydrogen) atoms. The van der Waals surface area contributed by atoms with Gasteiger partial charge in [-0.2, -0.15) is 0 Å². The summed E-state index contributed by atoms with van der Waals surface area (Å²) in [5.41, 5.74) is 3.23. The quantitative estimate of drug-likeness (QED) is 0.519. The zero-order valence-electron chi connectivity index (χ0n) is 18.8. The Morgan fingerprint density at radius 1 is 1.06 bits per heavy atom. The van der Waals surface area contributed by atoms with Crippen molar-refractivity contribution in [2.24, 2.45) is 0 Å². The minimum absolute atomic E-state index is 0.0109. The smallest absolute Gasteiger partial charge is 0.272 e. The van der Waals surface area contributed by atoms with Gasteiger partial charge in [0.1, 0.15) is 0 Å². The molecular formula is C25H26N2O6. The summed E-state index contributed by atoms with van der Waals surface area (Å²) in [5, 5.41) is 14.3. The highest BCUT2D eigenvalue weighted by Gasteiger charge is 2.38. The summed E-state index contributed by atoms with van der Waals surface area (Å²) in [6, 6.07) is 10.6. The maximum Gasteiger partial charge on any atom is 0.272 e. The summed E-state index contributed by atoms with van der Waals surface area (Å²) in [7, 11) is 1.57. The van der Waals surface area contributed by atoms with E-state index in [-0.39, 0.29) is 36.1 Å². The van der Waals surface area contributed by atoms with Crippen molar-refractivity contribution in [3.05, 3.63) is 74.5 Å². The van der Waals surface area contributed by atoms with Crippen LogP contribution in [0.15, 0.2) is 47.7 Å². The second-order valence-electron chi connectivity index (χ2n) is 8.37. The SMILES string of the molecule is CCOc1ccc(C2CC(=O)C3=C(C2)NC(=O)CC3c2ccc(C)c([N+](=O)[O-])c2)cc1OC. The predicted octanol–water partition coefficient (Wildman–Crippen LogP) is 4.31. The third-order valence-electron chi connectivity index (χ3n) is 6.33. The minimum atomic E-state index is -0.489. The number of allylic oxidation sites excluding steroid dienone is 2. The van der Waals surface area contributed by atoms with E-state index in [1.807, 2.05) is 25.1 Å². The summed E-state index contributed by atoms with van der Waals surface area (Å²) < 4.78 is 11.0. The number of nitro benzene ring substituents is 1. The van der Waals surface area contributed by atoms with Gasteiger partial charge in [-0.25, -0.2) is 0 Å². The molecule has 0 spiro atoms. The van der Waals surface area contributed by atoms with Gasteiger partial charge in [-0.3, -0.25) is 19.7 Å². The van der Waals surface area contributed by atoms with E-state index in [0.717, 1.165) is 5.56 Å². The van der Waals surface area contributed by atoms with Crippen LogP contribution in [0, 0.1) is 17.0 Å². The number of hydrogen-bond donors (Lipinski definition) is 1. The maximum atomic E-state index is 13.3. The zero-order chi connectivity index (χ0) is 23.7. The summed E-state index contributed by atoms with van der Waals surface area (Å²) in [6.07, 6.45) is 0.872. The molecular weight excluding hydrogens is 424 g/mol. The molecule has 0 saturated carbocycles. The Labute approximate surface area is 191 Å². The van der Waals surface area contributed by atoms with Crippen LogP contribution in [0.25, 0.3) is 0 Å². The Morgan fingerprint density at radius 3 is 2.52 bits per heavy atom. The maximum absolute atomic E-state index is 13.3. The van der Waals surface area contributed by atoms with Crippen LogP contribution in [0.1, 0.15) is 54.7 Å². The Morgan fingerprint density at radius 2 is 1.82 bits per heavy atom. The molecule has 0 saturated heterocycles. The average Bonchev–Trinajstić information content (AvgIpc) is 2.78. The number of aryl methyl sites for hydroxylation is 1. The molecule has 8 heteroatoms. The van der Waals surface area contributed by atoms with Gasteiger partial charge in [0, 0.05) is 41.7 Å². The van der Waals surface area contributed by atoms with E-state index in [1.54, 1.807) is 26.2 Å². The number of ether oxygens (including phenoxy) is 2. The first-order valence-electron chi connectivity index (χ1n) is 10.9. The van der Waals surface area contributed by atoms with Crippen molar-refractivity contribution in [3.63, 3.8) is 0 Å². The molecule has 2 unspecified atom stereocenters. The highest BCUT2D eigenvalue weighted by atomic mass is 16.6. The topological polar surface area (TPSA) is 108 Å². The summed E-state index contributed by atoms with van der Waals surface area (Å²) in [6.45, 7) is 4.08. The van der Waals surface area contributed by atoms with Crippen molar-refractivity contribution in [2.45, 2.75) is 44.9 Å². The first-order valence-corrected chi connectivity index (χ1v) is 10.9. The number of benzene rings is 2. The normalized spacial score (nSPS) is 20.2. The van der Waals surface area contributed by atoms with Crippen molar-refractivity contribution in [1.82, 2.24) is 5.32 Å². The standard InChI is InChI=1S/C25H26N2O6/c1-4-33-22-8-7-15(12-23(22)32-3)17-9-19-25(21(28)11-17)18(13-24(29)26-19)16-6-5-14(2)20(10-16)27(30)31/h5-8,10,12,17-18H,4,9,11,13H2,1-3H3,(H,26,29). The zero-order valence-corrected chi connectivity index (χ0v) is 18.8. The van der Waals surface area contributed by atoms with Crippen LogP contribution in [0.5, 0.6) is 11.5 Å². The fraction of sp³-hybridized carbons (Fsp3) is 0.360. The molecule has 0 aromatic heterocycles. The lowest BCUT2D eigenvalue weighted by molar-refractivity contribution is -0.385. The molecule has 1 heterocycles. The van der Waals surface area contributed by atoms with Crippen LogP contribution >= 0.6 is 0 Å². The first-order chi connectivity index (χ1) is 15.8. The predicted molar refractivity (Wildman–Crippen MR) is 122 cm³/mol. The minimum Gasteiger partial charge on any atom is -0.493 e. The van der Waals surface area contributed by atoms with Crippen molar-refractivity contribution in [1.29, 1.82) is 0 Å². The van der Waals surface area contributed by atoms with E-state index in [9.17, 15) is 19.7 Å². The van der Waals surface area contributed by atoms with Crippen molar-refractivity contribution in [2.75, 3.05) is 13.7 Å². The van der Waals surface area contributed by atoms with E-state index in [0.29, 0.717) is 46.9 Å². The molecule has 0 radical (unpaired) electrons. The van der Waals surface area contributed by atoms with Gasteiger partial charge in [0.15, 0.2) is 17.3 Å². The molecule has 1 N–H and O–H groups in total. The number of amides is 1. The van der Waals surface area contributed by atoms with Gasteiger partial charge in [-0.05, 0) is 49.4 Å². The molecule has 2 atom stereocenters. The fourth-order valence-corrected chi connectivity index (χ4v) is 4.73. The van der Waals surface area contributed by atoms with Gasteiger partial charge < -0.3 is 14.8 Å². The second-order valence-corrected chi connectivity index (χ2v) is 8.37. The molecule has 8 nitrogen and oxygen atoms in total. The van der Waals surface area contributed by atoms with Crippen LogP contribution in [0.4, 0.5) is 5.69 Å². The molecule has 1 aliphatic carbocycles. The lowest BCUT2D eigenvalue weighted by atomic mass is 9.73. The largest absolute Gasteiger partial charge is 0.493 e. The van der Waals surface area contributed by atoms with E-state index in [2.05, 4.69) is 5.32 Å². The molecule has 172 valence electrons. The monoisotopic (exact) mass is 450 g/mol. The van der Waals surface area contributed by atoms with Crippen LogP contribution in [-0.4, -0.2) is 30.3 Å². The number of hydrogen-bond acceptors (Lipinski definition) is 6. The number of rotatable bonds is 6. The third kappa shape index (κ3) is 4.33.